The molecule has 1 amide bonds. The van der Waals surface area contributed by atoms with Gasteiger partial charge in [-0.1, -0.05) is 25.1 Å². The van der Waals surface area contributed by atoms with Gasteiger partial charge in [0.15, 0.2) is 0 Å². The molecule has 0 saturated heterocycles. The van der Waals surface area contributed by atoms with Crippen LogP contribution in [0.3, 0.4) is 0 Å². The molecule has 0 spiro atoms. The van der Waals surface area contributed by atoms with Crippen molar-refractivity contribution in [2.45, 2.75) is 39.8 Å². The Morgan fingerprint density at radius 3 is 2.32 bits per heavy atom. The van der Waals surface area contributed by atoms with Crippen LogP contribution in [0.15, 0.2) is 88.3 Å². The summed E-state index contributed by atoms with van der Waals surface area (Å²) in [6.45, 7) is 6.19. The lowest BCUT2D eigenvalue weighted by atomic mass is 10.1. The topological polar surface area (TPSA) is 86.8 Å². The average molecular weight is 552 g/mol. The van der Waals surface area contributed by atoms with E-state index in [9.17, 15) is 9.59 Å². The second-order valence-corrected chi connectivity index (χ2v) is 9.93. The molecule has 0 saturated carbocycles. The lowest BCUT2D eigenvalue weighted by Crippen LogP contribution is -2.38. The van der Waals surface area contributed by atoms with Gasteiger partial charge in [0.05, 0.1) is 49.7 Å². The molecular formula is C33H33N3O5. The van der Waals surface area contributed by atoms with Crippen LogP contribution in [-0.4, -0.2) is 34.6 Å². The maximum absolute atomic E-state index is 14.3. The molecule has 0 bridgehead atoms. The maximum Gasteiger partial charge on any atom is 0.266 e. The Balaban J connectivity index is 1.74. The molecule has 0 radical (unpaired) electrons. The molecule has 2 aromatic heterocycles. The van der Waals surface area contributed by atoms with E-state index in [1.54, 1.807) is 60.3 Å². The number of carbonyl (C=O) groups is 1. The third-order valence-corrected chi connectivity index (χ3v) is 7.38. The highest BCUT2D eigenvalue weighted by Gasteiger charge is 2.31. The molecule has 0 aliphatic rings. The SMILES string of the molecule is CCC(c1nc2ccccc2c(=O)n1-c1ccc(C)c(C)c1)N(Cc1ccco1)C(=O)c1cc(OC)cc(OC)c1. The molecule has 8 heteroatoms. The minimum Gasteiger partial charge on any atom is -0.497 e. The number of hydrogen-bond acceptors (Lipinski definition) is 6. The molecule has 0 N–H and O–H groups in total. The first-order valence-electron chi connectivity index (χ1n) is 13.5. The lowest BCUT2D eigenvalue weighted by molar-refractivity contribution is 0.0623. The van der Waals surface area contributed by atoms with Gasteiger partial charge in [-0.3, -0.25) is 14.2 Å². The highest BCUT2D eigenvalue weighted by molar-refractivity contribution is 5.95. The number of fused-ring (bicyclic) bond motifs is 1. The normalized spacial score (nSPS) is 11.8. The summed E-state index contributed by atoms with van der Waals surface area (Å²) in [5, 5.41) is 0.505. The highest BCUT2D eigenvalue weighted by atomic mass is 16.5. The van der Waals surface area contributed by atoms with E-state index < -0.39 is 6.04 Å². The van der Waals surface area contributed by atoms with E-state index in [0.29, 0.717) is 51.7 Å². The fourth-order valence-corrected chi connectivity index (χ4v) is 5.02. The number of hydrogen-bond donors (Lipinski definition) is 0. The standard InChI is InChI=1S/C33H33N3O5/c1-6-30(35(20-25-10-9-15-41-25)32(37)23-17-26(39-4)19-27(18-23)40-5)31-34-29-12-8-7-11-28(29)33(38)36(31)24-14-13-21(2)22(3)16-24/h7-19,30H,6,20H2,1-5H3. The van der Waals surface area contributed by atoms with Crippen LogP contribution < -0.4 is 15.0 Å². The van der Waals surface area contributed by atoms with Gasteiger partial charge < -0.3 is 18.8 Å². The Morgan fingerprint density at radius 2 is 1.68 bits per heavy atom. The minimum absolute atomic E-state index is 0.166. The molecule has 5 rings (SSSR count). The van der Waals surface area contributed by atoms with Crippen LogP contribution in [-0.2, 0) is 6.54 Å². The molecule has 1 unspecified atom stereocenters. The Bertz CT molecular complexity index is 1740. The van der Waals surface area contributed by atoms with Crippen molar-refractivity contribution >= 4 is 16.8 Å². The van der Waals surface area contributed by atoms with Crippen LogP contribution >= 0.6 is 0 Å². The molecule has 3 aromatic carbocycles. The summed E-state index contributed by atoms with van der Waals surface area (Å²) in [6.07, 6.45) is 2.07. The number of rotatable bonds is 9. The first-order chi connectivity index (χ1) is 19.8. The number of para-hydroxylation sites is 1. The van der Waals surface area contributed by atoms with Crippen molar-refractivity contribution in [3.8, 4) is 17.2 Å². The highest BCUT2D eigenvalue weighted by Crippen LogP contribution is 2.31. The molecule has 2 heterocycles. The molecule has 41 heavy (non-hydrogen) atoms. The monoisotopic (exact) mass is 551 g/mol. The molecule has 1 atom stereocenters. The van der Waals surface area contributed by atoms with Crippen molar-refractivity contribution in [2.75, 3.05) is 14.2 Å². The van der Waals surface area contributed by atoms with E-state index in [-0.39, 0.29) is 18.0 Å². The fourth-order valence-electron chi connectivity index (χ4n) is 5.02. The van der Waals surface area contributed by atoms with E-state index in [0.717, 1.165) is 11.1 Å². The lowest BCUT2D eigenvalue weighted by Gasteiger charge is -2.32. The Kier molecular flexibility index (Phi) is 7.92. The van der Waals surface area contributed by atoms with Gasteiger partial charge in [-0.05, 0) is 79.9 Å². The predicted molar refractivity (Wildman–Crippen MR) is 158 cm³/mol. The number of methoxy groups -OCH3 is 2. The third-order valence-electron chi connectivity index (χ3n) is 7.38. The number of aromatic nitrogens is 2. The summed E-state index contributed by atoms with van der Waals surface area (Å²) in [5.74, 6) is 1.78. The van der Waals surface area contributed by atoms with Gasteiger partial charge in [-0.25, -0.2) is 4.98 Å². The zero-order chi connectivity index (χ0) is 29.1. The summed E-state index contributed by atoms with van der Waals surface area (Å²) in [5.41, 5.74) is 3.62. The number of furan rings is 1. The second kappa shape index (κ2) is 11.7. The van der Waals surface area contributed by atoms with Crippen molar-refractivity contribution in [3.63, 3.8) is 0 Å². The van der Waals surface area contributed by atoms with Crippen molar-refractivity contribution in [2.24, 2.45) is 0 Å². The van der Waals surface area contributed by atoms with Gasteiger partial charge in [0, 0.05) is 11.6 Å². The first kappa shape index (κ1) is 27.7. The molecular weight excluding hydrogens is 518 g/mol. The van der Waals surface area contributed by atoms with Crippen molar-refractivity contribution in [1.29, 1.82) is 0 Å². The van der Waals surface area contributed by atoms with Gasteiger partial charge in [-0.15, -0.1) is 0 Å². The van der Waals surface area contributed by atoms with E-state index >= 15 is 0 Å². The molecule has 8 nitrogen and oxygen atoms in total. The van der Waals surface area contributed by atoms with Crippen molar-refractivity contribution < 1.29 is 18.7 Å². The van der Waals surface area contributed by atoms with Gasteiger partial charge in [0.2, 0.25) is 0 Å². The zero-order valence-electron chi connectivity index (χ0n) is 23.9. The van der Waals surface area contributed by atoms with E-state index in [4.69, 9.17) is 18.9 Å². The quantitative estimate of drug-likeness (QED) is 0.211. The van der Waals surface area contributed by atoms with Gasteiger partial charge in [-0.2, -0.15) is 0 Å². The maximum atomic E-state index is 14.3. The predicted octanol–water partition coefficient (Wildman–Crippen LogP) is 6.41. The first-order valence-corrected chi connectivity index (χ1v) is 13.5. The minimum atomic E-state index is -0.580. The van der Waals surface area contributed by atoms with Gasteiger partial charge in [0.1, 0.15) is 23.1 Å². The third kappa shape index (κ3) is 5.45. The van der Waals surface area contributed by atoms with Crippen molar-refractivity contribution in [3.05, 3.63) is 118 Å². The van der Waals surface area contributed by atoms with E-state index in [1.807, 2.05) is 63.2 Å². The van der Waals surface area contributed by atoms with E-state index in [2.05, 4.69) is 0 Å². The Morgan fingerprint density at radius 1 is 0.951 bits per heavy atom. The molecule has 0 fully saturated rings. The summed E-state index contributed by atoms with van der Waals surface area (Å²) in [6, 6.07) is 21.3. The molecule has 0 aliphatic carbocycles. The fraction of sp³-hybridized carbons (Fsp3) is 0.242. The summed E-state index contributed by atoms with van der Waals surface area (Å²) in [4.78, 5) is 35.1. The van der Waals surface area contributed by atoms with Crippen LogP contribution in [0.4, 0.5) is 0 Å². The van der Waals surface area contributed by atoms with E-state index in [1.165, 1.54) is 0 Å². The molecule has 0 aliphatic heterocycles. The number of aryl methyl sites for hydroxylation is 2. The van der Waals surface area contributed by atoms with Gasteiger partial charge >= 0.3 is 0 Å². The van der Waals surface area contributed by atoms with Gasteiger partial charge in [0.25, 0.3) is 11.5 Å². The number of carbonyl (C=O) groups excluding carboxylic acids is 1. The van der Waals surface area contributed by atoms with Crippen LogP contribution in [0.25, 0.3) is 16.6 Å². The molecule has 5 aromatic rings. The Labute approximate surface area is 238 Å². The smallest absolute Gasteiger partial charge is 0.266 e. The summed E-state index contributed by atoms with van der Waals surface area (Å²) < 4.78 is 18.2. The largest absolute Gasteiger partial charge is 0.497 e. The van der Waals surface area contributed by atoms with Crippen LogP contribution in [0.1, 0.15) is 52.5 Å². The zero-order valence-corrected chi connectivity index (χ0v) is 23.9. The van der Waals surface area contributed by atoms with Crippen LogP contribution in [0.5, 0.6) is 11.5 Å². The second-order valence-electron chi connectivity index (χ2n) is 9.93. The summed E-state index contributed by atoms with van der Waals surface area (Å²) >= 11 is 0. The average Bonchev–Trinajstić information content (AvgIpc) is 3.51. The summed E-state index contributed by atoms with van der Waals surface area (Å²) in [7, 11) is 3.08. The number of nitrogens with zero attached hydrogens (tertiary/aromatic N) is 3. The number of benzene rings is 3. The van der Waals surface area contributed by atoms with Crippen LogP contribution in [0.2, 0.25) is 0 Å². The Hall–Kier alpha value is -4.85. The van der Waals surface area contributed by atoms with Crippen LogP contribution in [0, 0.1) is 13.8 Å². The molecule has 210 valence electrons. The number of amides is 1. The number of ether oxygens (including phenoxy) is 2. The van der Waals surface area contributed by atoms with Crippen molar-refractivity contribution in [1.82, 2.24) is 14.5 Å².